The highest BCUT2D eigenvalue weighted by Crippen LogP contribution is 2.24. The van der Waals surface area contributed by atoms with E-state index in [2.05, 4.69) is 15.2 Å². The van der Waals surface area contributed by atoms with Crippen LogP contribution in [0, 0.1) is 6.92 Å². The summed E-state index contributed by atoms with van der Waals surface area (Å²) in [5.74, 6) is 0.596. The van der Waals surface area contributed by atoms with Crippen LogP contribution >= 0.6 is 0 Å². The molecule has 6 heteroatoms. The first-order valence-corrected chi connectivity index (χ1v) is 7.04. The summed E-state index contributed by atoms with van der Waals surface area (Å²) in [6, 6.07) is 10.4. The van der Waals surface area contributed by atoms with Gasteiger partial charge < -0.3 is 10.5 Å². The molecule has 0 atom stereocenters. The van der Waals surface area contributed by atoms with Crippen molar-refractivity contribution in [3.8, 4) is 5.75 Å². The van der Waals surface area contributed by atoms with Crippen molar-refractivity contribution in [3.05, 3.63) is 42.1 Å². The number of aryl methyl sites for hydroxylation is 1. The van der Waals surface area contributed by atoms with Gasteiger partial charge >= 0.3 is 5.97 Å². The van der Waals surface area contributed by atoms with Crippen molar-refractivity contribution in [1.29, 1.82) is 0 Å². The van der Waals surface area contributed by atoms with Crippen LogP contribution in [0.15, 0.2) is 46.6 Å². The van der Waals surface area contributed by atoms with E-state index in [1.54, 1.807) is 30.3 Å². The number of anilines is 1. The van der Waals surface area contributed by atoms with E-state index >= 15 is 0 Å². The lowest BCUT2D eigenvalue weighted by atomic mass is 10.3. The number of carbonyl (C=O) groups is 1. The molecule has 0 spiro atoms. The van der Waals surface area contributed by atoms with Crippen LogP contribution in [-0.4, -0.2) is 11.0 Å². The van der Waals surface area contributed by atoms with Crippen molar-refractivity contribution in [3.63, 3.8) is 0 Å². The Kier molecular flexibility index (Phi) is 5.19. The fourth-order valence-electron chi connectivity index (χ4n) is 1.73. The monoisotopic (exact) mass is 298 g/mol. The molecular formula is C16H18N4O2. The third-order valence-corrected chi connectivity index (χ3v) is 2.84. The Labute approximate surface area is 129 Å². The molecule has 0 saturated heterocycles. The van der Waals surface area contributed by atoms with E-state index in [0.29, 0.717) is 29.4 Å². The van der Waals surface area contributed by atoms with Crippen molar-refractivity contribution in [2.24, 2.45) is 10.2 Å². The fourth-order valence-corrected chi connectivity index (χ4v) is 1.73. The first kappa shape index (κ1) is 15.6. The summed E-state index contributed by atoms with van der Waals surface area (Å²) in [5, 5.41) is 8.16. The number of hydrogen-bond donors (Lipinski definition) is 1. The number of azo groups is 1. The smallest absolute Gasteiger partial charge is 0.311 e. The van der Waals surface area contributed by atoms with Crippen LogP contribution in [0.5, 0.6) is 5.75 Å². The molecule has 2 N–H and O–H groups in total. The standard InChI is InChI=1S/C16H18N4O2/c1-3-4-15(21)22-13-8-6-12(7-9-13)19-20-14-10-5-11(2)18-16(14)17/h5-10H,3-4H2,1-2H3,(H2,17,18)/b20-19+. The summed E-state index contributed by atoms with van der Waals surface area (Å²) in [7, 11) is 0. The van der Waals surface area contributed by atoms with Gasteiger partial charge in [-0.1, -0.05) is 6.92 Å². The average Bonchev–Trinajstić information content (AvgIpc) is 2.48. The summed E-state index contributed by atoms with van der Waals surface area (Å²) in [6.07, 6.45) is 1.16. The number of rotatable bonds is 5. The van der Waals surface area contributed by atoms with Crippen LogP contribution in [0.1, 0.15) is 25.5 Å². The van der Waals surface area contributed by atoms with Gasteiger partial charge in [0.1, 0.15) is 11.4 Å². The lowest BCUT2D eigenvalue weighted by Crippen LogP contribution is -2.06. The second-order valence-corrected chi connectivity index (χ2v) is 4.77. The molecule has 0 saturated carbocycles. The molecule has 22 heavy (non-hydrogen) atoms. The van der Waals surface area contributed by atoms with E-state index in [1.165, 1.54) is 0 Å². The molecule has 2 aromatic rings. The Balaban J connectivity index is 2.04. The number of hydrogen-bond acceptors (Lipinski definition) is 6. The first-order chi connectivity index (χ1) is 10.6. The Bertz CT molecular complexity index is 681. The molecule has 0 bridgehead atoms. The average molecular weight is 298 g/mol. The maximum Gasteiger partial charge on any atom is 0.311 e. The van der Waals surface area contributed by atoms with Gasteiger partial charge in [-0.15, -0.1) is 5.11 Å². The van der Waals surface area contributed by atoms with E-state index in [0.717, 1.165) is 12.1 Å². The summed E-state index contributed by atoms with van der Waals surface area (Å²) < 4.78 is 5.16. The predicted octanol–water partition coefficient (Wildman–Crippen LogP) is 4.09. The van der Waals surface area contributed by atoms with Gasteiger partial charge in [0.25, 0.3) is 0 Å². The fraction of sp³-hybridized carbons (Fsp3) is 0.250. The van der Waals surface area contributed by atoms with Crippen molar-refractivity contribution in [1.82, 2.24) is 4.98 Å². The number of ether oxygens (including phenoxy) is 1. The second-order valence-electron chi connectivity index (χ2n) is 4.77. The zero-order valence-corrected chi connectivity index (χ0v) is 12.6. The highest BCUT2D eigenvalue weighted by Gasteiger charge is 2.03. The minimum Gasteiger partial charge on any atom is -0.427 e. The summed E-state index contributed by atoms with van der Waals surface area (Å²) >= 11 is 0. The van der Waals surface area contributed by atoms with Crippen molar-refractivity contribution < 1.29 is 9.53 Å². The summed E-state index contributed by atoms with van der Waals surface area (Å²) in [5.41, 5.74) is 7.75. The van der Waals surface area contributed by atoms with E-state index in [4.69, 9.17) is 10.5 Å². The number of nitrogen functional groups attached to an aromatic ring is 1. The molecule has 0 radical (unpaired) electrons. The van der Waals surface area contributed by atoms with Crippen LogP contribution in [0.2, 0.25) is 0 Å². The second kappa shape index (κ2) is 7.31. The minimum absolute atomic E-state index is 0.240. The normalized spacial score (nSPS) is 10.8. The van der Waals surface area contributed by atoms with Gasteiger partial charge in [0.05, 0.1) is 5.69 Å². The number of benzene rings is 1. The molecule has 0 aliphatic rings. The number of nitrogens with two attached hydrogens (primary N) is 1. The van der Waals surface area contributed by atoms with Crippen LogP contribution in [0.25, 0.3) is 0 Å². The van der Waals surface area contributed by atoms with Crippen LogP contribution in [-0.2, 0) is 4.79 Å². The van der Waals surface area contributed by atoms with Gasteiger partial charge in [-0.2, -0.15) is 5.11 Å². The number of pyridine rings is 1. The number of aromatic nitrogens is 1. The molecular weight excluding hydrogens is 280 g/mol. The molecule has 2 rings (SSSR count). The zero-order valence-electron chi connectivity index (χ0n) is 12.6. The van der Waals surface area contributed by atoms with Crippen molar-refractivity contribution in [2.75, 3.05) is 5.73 Å². The predicted molar refractivity (Wildman–Crippen MR) is 84.5 cm³/mol. The molecule has 0 amide bonds. The minimum atomic E-state index is -0.240. The van der Waals surface area contributed by atoms with E-state index in [1.807, 2.05) is 19.9 Å². The molecule has 114 valence electrons. The highest BCUT2D eigenvalue weighted by atomic mass is 16.5. The van der Waals surface area contributed by atoms with Gasteiger partial charge in [0.2, 0.25) is 0 Å². The molecule has 0 aliphatic carbocycles. The van der Waals surface area contributed by atoms with E-state index < -0.39 is 0 Å². The third kappa shape index (κ3) is 4.37. The maximum absolute atomic E-state index is 11.4. The topological polar surface area (TPSA) is 89.9 Å². The Morgan fingerprint density at radius 1 is 1.18 bits per heavy atom. The Morgan fingerprint density at radius 3 is 2.55 bits per heavy atom. The van der Waals surface area contributed by atoms with E-state index in [9.17, 15) is 4.79 Å². The zero-order chi connectivity index (χ0) is 15.9. The summed E-state index contributed by atoms with van der Waals surface area (Å²) in [4.78, 5) is 15.5. The molecule has 0 aliphatic heterocycles. The molecule has 1 heterocycles. The van der Waals surface area contributed by atoms with Crippen molar-refractivity contribution in [2.45, 2.75) is 26.7 Å². The quantitative estimate of drug-likeness (QED) is 0.511. The van der Waals surface area contributed by atoms with Crippen LogP contribution in [0.3, 0.4) is 0 Å². The molecule has 1 aromatic heterocycles. The maximum atomic E-state index is 11.4. The van der Waals surface area contributed by atoms with Crippen LogP contribution in [0.4, 0.5) is 17.2 Å². The third-order valence-electron chi connectivity index (χ3n) is 2.84. The largest absolute Gasteiger partial charge is 0.427 e. The van der Waals surface area contributed by atoms with Gasteiger partial charge in [-0.05, 0) is 49.7 Å². The first-order valence-electron chi connectivity index (χ1n) is 7.04. The van der Waals surface area contributed by atoms with Crippen LogP contribution < -0.4 is 10.5 Å². The Hall–Kier alpha value is -2.76. The van der Waals surface area contributed by atoms with Gasteiger partial charge in [-0.3, -0.25) is 4.79 Å². The lowest BCUT2D eigenvalue weighted by molar-refractivity contribution is -0.134. The summed E-state index contributed by atoms with van der Waals surface area (Å²) in [6.45, 7) is 3.78. The molecule has 1 aromatic carbocycles. The van der Waals surface area contributed by atoms with Gasteiger partial charge in [0, 0.05) is 12.1 Å². The van der Waals surface area contributed by atoms with E-state index in [-0.39, 0.29) is 5.97 Å². The molecule has 6 nitrogen and oxygen atoms in total. The Morgan fingerprint density at radius 2 is 1.91 bits per heavy atom. The SMILES string of the molecule is CCCC(=O)Oc1ccc(/N=N/c2ccc(C)nc2N)cc1. The number of nitrogens with zero attached hydrogens (tertiary/aromatic N) is 3. The number of esters is 1. The molecule has 0 unspecified atom stereocenters. The van der Waals surface area contributed by atoms with Gasteiger partial charge in [0.15, 0.2) is 5.82 Å². The lowest BCUT2D eigenvalue weighted by Gasteiger charge is -2.03. The number of carbonyl (C=O) groups excluding carboxylic acids is 1. The molecule has 0 fully saturated rings. The van der Waals surface area contributed by atoms with Gasteiger partial charge in [-0.25, -0.2) is 4.98 Å². The highest BCUT2D eigenvalue weighted by molar-refractivity contribution is 5.72. The van der Waals surface area contributed by atoms with Crippen molar-refractivity contribution >= 4 is 23.2 Å².